The summed E-state index contributed by atoms with van der Waals surface area (Å²) in [6, 6.07) is 2.96. The molecule has 1 aromatic carbocycles. The smallest absolute Gasteiger partial charge is 0.326 e. The van der Waals surface area contributed by atoms with Crippen molar-refractivity contribution in [3.05, 3.63) is 71.7 Å². The van der Waals surface area contributed by atoms with Gasteiger partial charge in [-0.2, -0.15) is 13.2 Å². The molecule has 0 aliphatic carbocycles. The highest BCUT2D eigenvalue weighted by atomic mass is 19.4. The maximum atomic E-state index is 13.7. The fourth-order valence-corrected chi connectivity index (χ4v) is 4.19. The molecule has 0 bridgehead atoms. The van der Waals surface area contributed by atoms with Gasteiger partial charge in [-0.25, -0.2) is 28.4 Å². The minimum Gasteiger partial charge on any atom is -0.326 e. The Labute approximate surface area is 200 Å². The number of alkyl halides is 3. The Morgan fingerprint density at radius 3 is 2.53 bits per heavy atom. The van der Waals surface area contributed by atoms with Crippen LogP contribution in [-0.2, 0) is 6.18 Å². The molecule has 0 radical (unpaired) electrons. The first-order valence-corrected chi connectivity index (χ1v) is 10.8. The van der Waals surface area contributed by atoms with Gasteiger partial charge in [0, 0.05) is 30.2 Å². The summed E-state index contributed by atoms with van der Waals surface area (Å²) in [5.74, 6) is -3.27. The van der Waals surface area contributed by atoms with Gasteiger partial charge in [0.25, 0.3) is 0 Å². The van der Waals surface area contributed by atoms with Crippen molar-refractivity contribution in [3.8, 4) is 5.69 Å². The summed E-state index contributed by atoms with van der Waals surface area (Å²) in [5.41, 5.74) is 7.91. The number of fused-ring (bicyclic) bond motifs is 1. The van der Waals surface area contributed by atoms with E-state index >= 15 is 0 Å². The Bertz CT molecular complexity index is 1380. The molecule has 2 aliphatic heterocycles. The Morgan fingerprint density at radius 1 is 1.11 bits per heavy atom. The number of nitrogens with zero attached hydrogens (tertiary/aromatic N) is 8. The lowest BCUT2D eigenvalue weighted by molar-refractivity contribution is -0.145. The maximum Gasteiger partial charge on any atom is 0.451 e. The molecule has 3 atom stereocenters. The third-order valence-electron chi connectivity index (χ3n) is 5.91. The van der Waals surface area contributed by atoms with Gasteiger partial charge < -0.3 is 10.6 Å². The SMILES string of the molecule is CCC(c1cn(-c2ccc(F)c(F)c2)nn1)N1C=C(c2cnc(C(F)(F)F)nc2)C2C1=NC=NC2N. The van der Waals surface area contributed by atoms with Crippen molar-refractivity contribution < 1.29 is 22.0 Å². The van der Waals surface area contributed by atoms with E-state index in [-0.39, 0.29) is 5.69 Å². The molecule has 0 fully saturated rings. The first kappa shape index (κ1) is 23.7. The molecule has 9 nitrogen and oxygen atoms in total. The van der Waals surface area contributed by atoms with Gasteiger partial charge in [0.2, 0.25) is 5.82 Å². The van der Waals surface area contributed by atoms with Crippen molar-refractivity contribution in [2.45, 2.75) is 31.7 Å². The van der Waals surface area contributed by atoms with Crippen LogP contribution in [0.1, 0.15) is 36.5 Å². The van der Waals surface area contributed by atoms with Crippen molar-refractivity contribution in [1.29, 1.82) is 0 Å². The van der Waals surface area contributed by atoms with Crippen molar-refractivity contribution >= 4 is 17.7 Å². The number of aliphatic imine (C=N–C) groups is 2. The Balaban J connectivity index is 1.51. The van der Waals surface area contributed by atoms with Crippen molar-refractivity contribution in [3.63, 3.8) is 0 Å². The van der Waals surface area contributed by atoms with Crippen LogP contribution in [0.3, 0.4) is 0 Å². The maximum absolute atomic E-state index is 13.7. The van der Waals surface area contributed by atoms with E-state index < -0.39 is 41.8 Å². The molecule has 36 heavy (non-hydrogen) atoms. The number of hydrogen-bond donors (Lipinski definition) is 1. The number of aromatic nitrogens is 5. The molecule has 3 aromatic rings. The largest absolute Gasteiger partial charge is 0.451 e. The van der Waals surface area contributed by atoms with Crippen LogP contribution in [-0.4, -0.2) is 48.2 Å². The van der Waals surface area contributed by atoms with Crippen LogP contribution in [0, 0.1) is 17.6 Å². The number of halogens is 5. The molecule has 2 N–H and O–H groups in total. The Hall–Kier alpha value is -4.07. The molecule has 0 spiro atoms. The highest BCUT2D eigenvalue weighted by molar-refractivity contribution is 6.05. The molecule has 2 aliphatic rings. The van der Waals surface area contributed by atoms with Gasteiger partial charge in [-0.15, -0.1) is 5.10 Å². The van der Waals surface area contributed by atoms with Crippen LogP contribution in [0.4, 0.5) is 22.0 Å². The Morgan fingerprint density at radius 2 is 1.86 bits per heavy atom. The van der Waals surface area contributed by atoms with Crippen LogP contribution in [0.5, 0.6) is 0 Å². The predicted molar refractivity (Wildman–Crippen MR) is 119 cm³/mol. The van der Waals surface area contributed by atoms with E-state index in [0.717, 1.165) is 24.5 Å². The minimum atomic E-state index is -4.67. The standard InChI is InChI=1S/C22H18F5N9/c1-2-17(16-9-36(34-33-16)12-3-4-14(23)15(24)5-12)35-8-13(18-19(28)31-10-32-20(18)35)11-6-29-21(30-7-11)22(25,26)27/h3-10,17-19H,2,28H2,1H3. The van der Waals surface area contributed by atoms with Crippen LogP contribution in [0.25, 0.3) is 11.3 Å². The van der Waals surface area contributed by atoms with Crippen LogP contribution in [0.2, 0.25) is 0 Å². The van der Waals surface area contributed by atoms with E-state index in [2.05, 4.69) is 30.3 Å². The lowest BCUT2D eigenvalue weighted by Gasteiger charge is -2.30. The van der Waals surface area contributed by atoms with E-state index in [0.29, 0.717) is 29.1 Å². The summed E-state index contributed by atoms with van der Waals surface area (Å²) in [6.07, 6.45) is 1.94. The molecule has 14 heteroatoms. The van der Waals surface area contributed by atoms with E-state index in [1.165, 1.54) is 17.1 Å². The van der Waals surface area contributed by atoms with Gasteiger partial charge in [0.1, 0.15) is 24.0 Å². The zero-order valence-electron chi connectivity index (χ0n) is 18.6. The van der Waals surface area contributed by atoms with Crippen LogP contribution in [0.15, 0.2) is 53.0 Å². The number of rotatable bonds is 5. The quantitative estimate of drug-likeness (QED) is 0.534. The molecule has 4 heterocycles. The summed E-state index contributed by atoms with van der Waals surface area (Å²) in [7, 11) is 0. The van der Waals surface area contributed by atoms with Gasteiger partial charge in [-0.1, -0.05) is 12.1 Å². The summed E-state index contributed by atoms with van der Waals surface area (Å²) in [6.45, 7) is 1.90. The number of nitrogens with two attached hydrogens (primary N) is 1. The van der Waals surface area contributed by atoms with E-state index in [1.54, 1.807) is 12.4 Å². The number of benzene rings is 1. The average molecular weight is 503 g/mol. The molecule has 2 aromatic heterocycles. The fraction of sp³-hybridized carbons (Fsp3) is 0.273. The number of hydrogen-bond acceptors (Lipinski definition) is 8. The molecule has 0 amide bonds. The zero-order chi connectivity index (χ0) is 25.6. The van der Waals surface area contributed by atoms with Crippen LogP contribution < -0.4 is 5.73 Å². The van der Waals surface area contributed by atoms with Gasteiger partial charge >= 0.3 is 6.18 Å². The first-order valence-electron chi connectivity index (χ1n) is 10.8. The van der Waals surface area contributed by atoms with Gasteiger partial charge in [-0.05, 0) is 24.1 Å². The second kappa shape index (κ2) is 8.86. The average Bonchev–Trinajstić information content (AvgIpc) is 3.48. The lowest BCUT2D eigenvalue weighted by atomic mass is 9.93. The normalized spacial score (nSPS) is 20.2. The second-order valence-corrected chi connectivity index (χ2v) is 8.12. The molecule has 186 valence electrons. The predicted octanol–water partition coefficient (Wildman–Crippen LogP) is 3.50. The second-order valence-electron chi connectivity index (χ2n) is 8.12. The monoisotopic (exact) mass is 503 g/mol. The van der Waals surface area contributed by atoms with E-state index in [9.17, 15) is 22.0 Å². The number of amidine groups is 1. The van der Waals surface area contributed by atoms with Crippen molar-refractivity contribution in [1.82, 2.24) is 29.9 Å². The van der Waals surface area contributed by atoms with E-state index in [1.807, 2.05) is 11.8 Å². The van der Waals surface area contributed by atoms with Gasteiger partial charge in [-0.3, -0.25) is 4.99 Å². The lowest BCUT2D eigenvalue weighted by Crippen LogP contribution is -2.41. The summed E-state index contributed by atoms with van der Waals surface area (Å²) in [5, 5.41) is 8.25. The zero-order valence-corrected chi connectivity index (χ0v) is 18.6. The minimum absolute atomic E-state index is 0.282. The summed E-state index contributed by atoms with van der Waals surface area (Å²) in [4.78, 5) is 17.2. The molecule has 3 unspecified atom stereocenters. The van der Waals surface area contributed by atoms with Gasteiger partial charge in [0.05, 0.1) is 23.8 Å². The summed E-state index contributed by atoms with van der Waals surface area (Å²) < 4.78 is 67.1. The first-order chi connectivity index (χ1) is 17.2. The van der Waals surface area contributed by atoms with Crippen LogP contribution >= 0.6 is 0 Å². The third-order valence-corrected chi connectivity index (χ3v) is 5.91. The van der Waals surface area contributed by atoms with Crippen molar-refractivity contribution in [2.75, 3.05) is 0 Å². The fourth-order valence-electron chi connectivity index (χ4n) is 4.19. The topological polar surface area (TPSA) is 110 Å². The van der Waals surface area contributed by atoms with Crippen molar-refractivity contribution in [2.24, 2.45) is 21.6 Å². The molecule has 0 saturated carbocycles. The van der Waals surface area contributed by atoms with E-state index in [4.69, 9.17) is 5.73 Å². The molecule has 5 rings (SSSR count). The summed E-state index contributed by atoms with van der Waals surface area (Å²) >= 11 is 0. The highest BCUT2D eigenvalue weighted by Gasteiger charge is 2.42. The third kappa shape index (κ3) is 4.12. The molecular weight excluding hydrogens is 485 g/mol. The van der Waals surface area contributed by atoms with Gasteiger partial charge in [0.15, 0.2) is 11.6 Å². The molecular formula is C22H18F5N9. The molecule has 0 saturated heterocycles. The Kier molecular flexibility index (Phi) is 5.82. The highest BCUT2D eigenvalue weighted by Crippen LogP contribution is 2.40.